The summed E-state index contributed by atoms with van der Waals surface area (Å²) in [5.74, 6) is 3.68. The van der Waals surface area contributed by atoms with Crippen LogP contribution in [0.4, 0.5) is 0 Å². The number of rotatable bonds is 7. The van der Waals surface area contributed by atoms with Crippen molar-refractivity contribution < 1.29 is 23.3 Å². The fourth-order valence-electron chi connectivity index (χ4n) is 10.2. The van der Waals surface area contributed by atoms with E-state index < -0.39 is 8.32 Å². The summed E-state index contributed by atoms with van der Waals surface area (Å²) in [6.07, 6.45) is 11.1. The Morgan fingerprint density at radius 2 is 1.70 bits per heavy atom. The predicted octanol–water partition coefficient (Wildman–Crippen LogP) is 6.97. The third-order valence-corrected chi connectivity index (χ3v) is 15.1. The van der Waals surface area contributed by atoms with Gasteiger partial charge in [0.05, 0.1) is 19.3 Å². The third kappa shape index (κ3) is 4.80. The number of carbonyl (C=O) groups is 1. The van der Waals surface area contributed by atoms with Gasteiger partial charge in [-0.25, -0.2) is 0 Å². The highest BCUT2D eigenvalue weighted by Gasteiger charge is 2.67. The first-order valence-corrected chi connectivity index (χ1v) is 18.6. The van der Waals surface area contributed by atoms with Crippen LogP contribution >= 0.6 is 0 Å². The average molecular weight is 533 g/mol. The van der Waals surface area contributed by atoms with Crippen LogP contribution in [0.1, 0.15) is 85.5 Å². The number of hydrogen-bond donors (Lipinski definition) is 0. The quantitative estimate of drug-likeness (QED) is 0.262. The first kappa shape index (κ1) is 28.2. The van der Waals surface area contributed by atoms with Gasteiger partial charge in [0.15, 0.2) is 8.32 Å². The zero-order chi connectivity index (χ0) is 26.8. The highest BCUT2D eigenvalue weighted by atomic mass is 28.4. The molecular formula is C30H53BO5Si. The molecule has 1 aliphatic heterocycles. The number of methoxy groups -OCH3 is 1. The monoisotopic (exact) mass is 532 g/mol. The molecule has 210 valence electrons. The third-order valence-electron chi connectivity index (χ3n) is 12.5. The maximum Gasteiger partial charge on any atom is 0.454 e. The number of carbonyl (C=O) groups excluding carboxylic acids is 1. The van der Waals surface area contributed by atoms with E-state index in [9.17, 15) is 4.79 Å². The van der Waals surface area contributed by atoms with Crippen LogP contribution in [-0.4, -0.2) is 46.8 Å². The Morgan fingerprint density at radius 1 is 1.03 bits per heavy atom. The maximum absolute atomic E-state index is 11.9. The molecule has 5 aliphatic rings. The van der Waals surface area contributed by atoms with Crippen LogP contribution in [0.3, 0.4) is 0 Å². The Kier molecular flexibility index (Phi) is 7.79. The van der Waals surface area contributed by atoms with Crippen LogP contribution in [0.15, 0.2) is 0 Å². The molecule has 0 aromatic carbocycles. The van der Waals surface area contributed by atoms with E-state index in [1.165, 1.54) is 51.7 Å². The van der Waals surface area contributed by atoms with Gasteiger partial charge in [-0.3, -0.25) is 4.79 Å². The fourth-order valence-corrected chi connectivity index (χ4v) is 11.5. The molecule has 0 aromatic heterocycles. The average Bonchev–Trinajstić information content (AvgIpc) is 3.42. The van der Waals surface area contributed by atoms with Gasteiger partial charge >= 0.3 is 13.1 Å². The summed E-state index contributed by atoms with van der Waals surface area (Å²) >= 11 is 0. The van der Waals surface area contributed by atoms with Gasteiger partial charge in [-0.1, -0.05) is 27.7 Å². The SMILES string of the molecule is CC[Si](C)(C)O[C@@H]1CC[C@@]2(C)[C@H](C1)[C@H]1OB(C)O[C@H]1[C@@H]1[C@@H]2CC[C@]2(C)[C@@H]([C@H](C)CCC(=O)OC)CC[C@@H]12. The highest BCUT2D eigenvalue weighted by molar-refractivity contribution is 6.71. The van der Waals surface area contributed by atoms with Gasteiger partial charge < -0.3 is 18.5 Å². The molecule has 11 atom stereocenters. The Morgan fingerprint density at radius 3 is 2.41 bits per heavy atom. The molecule has 1 saturated heterocycles. The smallest absolute Gasteiger partial charge is 0.454 e. The summed E-state index contributed by atoms with van der Waals surface area (Å²) in [4.78, 5) is 11.9. The minimum absolute atomic E-state index is 0.0700. The van der Waals surface area contributed by atoms with Gasteiger partial charge in [-0.05, 0) is 124 Å². The van der Waals surface area contributed by atoms with Crippen molar-refractivity contribution >= 4 is 21.4 Å². The molecule has 37 heavy (non-hydrogen) atoms. The second kappa shape index (κ2) is 10.2. The van der Waals surface area contributed by atoms with E-state index in [4.69, 9.17) is 18.5 Å². The van der Waals surface area contributed by atoms with Crippen LogP contribution in [0.2, 0.25) is 26.0 Å². The number of esters is 1. The maximum atomic E-state index is 11.9. The summed E-state index contributed by atoms with van der Waals surface area (Å²) in [5.41, 5.74) is 0.643. The number of fused-ring (bicyclic) bond motifs is 8. The standard InChI is InChI=1S/C30H53BO5Si/c1-9-37(7,8)36-20-14-16-30(4)23-15-17-29(3)21(19(2)10-13-25(32)33-6)11-12-22(29)26(23)28-27(24(30)18-20)34-31(5)35-28/h19-24,26-28H,9-18H2,1-8H3/t19-,20-,21-,22+,23+,24-,26+,27-,28+,29-,30-/m1/s1. The van der Waals surface area contributed by atoms with E-state index in [0.29, 0.717) is 58.9 Å². The van der Waals surface area contributed by atoms with Crippen LogP contribution in [0.5, 0.6) is 0 Å². The first-order chi connectivity index (χ1) is 17.4. The molecule has 0 bridgehead atoms. The zero-order valence-corrected chi connectivity index (χ0v) is 25.9. The lowest BCUT2D eigenvalue weighted by molar-refractivity contribution is -0.189. The van der Waals surface area contributed by atoms with Crippen molar-refractivity contribution in [2.45, 2.75) is 130 Å². The molecular weight excluding hydrogens is 479 g/mol. The Labute approximate surface area is 227 Å². The molecule has 0 unspecified atom stereocenters. The van der Waals surface area contributed by atoms with Crippen LogP contribution in [0.25, 0.3) is 0 Å². The topological polar surface area (TPSA) is 54.0 Å². The molecule has 0 radical (unpaired) electrons. The highest BCUT2D eigenvalue weighted by Crippen LogP contribution is 2.69. The molecule has 0 N–H and O–H groups in total. The van der Waals surface area contributed by atoms with Crippen LogP contribution in [-0.2, 0) is 23.3 Å². The molecule has 0 spiro atoms. The zero-order valence-electron chi connectivity index (χ0n) is 24.9. The molecule has 7 heteroatoms. The van der Waals surface area contributed by atoms with Crippen molar-refractivity contribution in [3.05, 3.63) is 0 Å². The fraction of sp³-hybridized carbons (Fsp3) is 0.967. The Hall–Kier alpha value is -0.368. The van der Waals surface area contributed by atoms with Gasteiger partial charge in [0, 0.05) is 12.5 Å². The van der Waals surface area contributed by atoms with Gasteiger partial charge in [0.25, 0.3) is 0 Å². The molecule has 5 fully saturated rings. The van der Waals surface area contributed by atoms with E-state index in [1.54, 1.807) is 0 Å². The van der Waals surface area contributed by atoms with Crippen molar-refractivity contribution in [2.24, 2.45) is 46.3 Å². The summed E-state index contributed by atoms with van der Waals surface area (Å²) in [6.45, 7) is 16.7. The lowest BCUT2D eigenvalue weighted by Gasteiger charge is -2.64. The van der Waals surface area contributed by atoms with Crippen molar-refractivity contribution in [3.63, 3.8) is 0 Å². The first-order valence-electron chi connectivity index (χ1n) is 15.5. The minimum atomic E-state index is -1.59. The van der Waals surface area contributed by atoms with Crippen LogP contribution < -0.4 is 0 Å². The molecule has 4 aliphatic carbocycles. The largest absolute Gasteiger partial charge is 0.469 e. The van der Waals surface area contributed by atoms with Crippen molar-refractivity contribution in [1.29, 1.82) is 0 Å². The molecule has 5 nitrogen and oxygen atoms in total. The van der Waals surface area contributed by atoms with E-state index in [2.05, 4.69) is 47.6 Å². The normalized spacial score (nSPS) is 46.0. The summed E-state index contributed by atoms with van der Waals surface area (Å²) in [5, 5.41) is 0. The molecule has 0 amide bonds. The second-order valence-electron chi connectivity index (χ2n) is 14.6. The minimum Gasteiger partial charge on any atom is -0.469 e. The molecule has 1 heterocycles. The van der Waals surface area contributed by atoms with E-state index in [-0.39, 0.29) is 25.3 Å². The number of ether oxygens (including phenoxy) is 1. The van der Waals surface area contributed by atoms with E-state index in [1.807, 2.05) is 0 Å². The number of hydrogen-bond acceptors (Lipinski definition) is 5. The van der Waals surface area contributed by atoms with Crippen molar-refractivity contribution in [2.75, 3.05) is 7.11 Å². The van der Waals surface area contributed by atoms with Gasteiger partial charge in [0.1, 0.15) is 0 Å². The van der Waals surface area contributed by atoms with Crippen LogP contribution in [0, 0.1) is 46.3 Å². The lowest BCUT2D eigenvalue weighted by Crippen LogP contribution is -2.63. The molecule has 4 saturated carbocycles. The van der Waals surface area contributed by atoms with E-state index in [0.717, 1.165) is 12.8 Å². The summed E-state index contributed by atoms with van der Waals surface area (Å²) in [6, 6.07) is 1.18. The van der Waals surface area contributed by atoms with E-state index >= 15 is 0 Å². The Bertz CT molecular complexity index is 854. The summed E-state index contributed by atoms with van der Waals surface area (Å²) < 4.78 is 25.1. The Balaban J connectivity index is 1.39. The van der Waals surface area contributed by atoms with Crippen molar-refractivity contribution in [3.8, 4) is 0 Å². The molecule has 0 aromatic rings. The van der Waals surface area contributed by atoms with Gasteiger partial charge in [0.2, 0.25) is 0 Å². The predicted molar refractivity (Wildman–Crippen MR) is 151 cm³/mol. The molecule has 5 rings (SSSR count). The second-order valence-corrected chi connectivity index (χ2v) is 19.1. The van der Waals surface area contributed by atoms with Gasteiger partial charge in [-0.15, -0.1) is 0 Å². The lowest BCUT2D eigenvalue weighted by atomic mass is 9.43. The van der Waals surface area contributed by atoms with Gasteiger partial charge in [-0.2, -0.15) is 0 Å². The summed E-state index contributed by atoms with van der Waals surface area (Å²) in [7, 11) is -0.192. The van der Waals surface area contributed by atoms with Crippen molar-refractivity contribution in [1.82, 2.24) is 0 Å².